The molecule has 0 bridgehead atoms. The fourth-order valence-electron chi connectivity index (χ4n) is 1.44. The summed E-state index contributed by atoms with van der Waals surface area (Å²) < 4.78 is 0. The SMILES string of the molecule is I.N#CC1CCCC1N=C(N)N. The molecule has 1 aliphatic carbocycles. The number of aliphatic imine (C=N–C) groups is 1. The molecule has 0 spiro atoms. The lowest BCUT2D eigenvalue weighted by atomic mass is 10.1. The molecule has 2 unspecified atom stereocenters. The van der Waals surface area contributed by atoms with Crippen molar-refractivity contribution in [2.75, 3.05) is 0 Å². The summed E-state index contributed by atoms with van der Waals surface area (Å²) in [7, 11) is 0. The van der Waals surface area contributed by atoms with Crippen LogP contribution < -0.4 is 11.5 Å². The molecule has 0 aliphatic heterocycles. The van der Waals surface area contributed by atoms with Gasteiger partial charge in [-0.15, -0.1) is 24.0 Å². The summed E-state index contributed by atoms with van der Waals surface area (Å²) >= 11 is 0. The fourth-order valence-corrected chi connectivity index (χ4v) is 1.44. The van der Waals surface area contributed by atoms with Gasteiger partial charge in [-0.3, -0.25) is 0 Å². The Morgan fingerprint density at radius 3 is 2.58 bits per heavy atom. The standard InChI is InChI=1S/C7H12N4.HI/c8-4-5-2-1-3-6(5)11-7(9)10;/h5-6H,1-3H2,(H4,9,10,11);1H. The first-order chi connectivity index (χ1) is 5.24. The van der Waals surface area contributed by atoms with Crippen molar-refractivity contribution in [1.29, 1.82) is 5.26 Å². The highest BCUT2D eigenvalue weighted by Gasteiger charge is 2.26. The molecule has 0 aromatic rings. The number of nitriles is 1. The second-order valence-electron chi connectivity index (χ2n) is 2.79. The summed E-state index contributed by atoms with van der Waals surface area (Å²) in [5, 5.41) is 8.65. The molecule has 0 saturated heterocycles. The van der Waals surface area contributed by atoms with Crippen molar-refractivity contribution >= 4 is 29.9 Å². The molecule has 1 aliphatic rings. The van der Waals surface area contributed by atoms with Gasteiger partial charge >= 0.3 is 0 Å². The molecule has 4 nitrogen and oxygen atoms in total. The molecule has 2 atom stereocenters. The number of hydrogen-bond donors (Lipinski definition) is 2. The van der Waals surface area contributed by atoms with Crippen LogP contribution in [0.4, 0.5) is 0 Å². The van der Waals surface area contributed by atoms with Crippen LogP contribution in [0.15, 0.2) is 4.99 Å². The van der Waals surface area contributed by atoms with E-state index < -0.39 is 0 Å². The summed E-state index contributed by atoms with van der Waals surface area (Å²) in [6, 6.07) is 2.25. The van der Waals surface area contributed by atoms with Crippen molar-refractivity contribution in [3.8, 4) is 6.07 Å². The minimum absolute atomic E-state index is 0. The molecule has 4 N–H and O–H groups in total. The Morgan fingerprint density at radius 2 is 2.08 bits per heavy atom. The summed E-state index contributed by atoms with van der Waals surface area (Å²) in [5.41, 5.74) is 10.4. The number of nitrogens with two attached hydrogens (primary N) is 2. The lowest BCUT2D eigenvalue weighted by Gasteiger charge is -2.06. The van der Waals surface area contributed by atoms with Crippen LogP contribution in [0, 0.1) is 17.2 Å². The fraction of sp³-hybridized carbons (Fsp3) is 0.714. The van der Waals surface area contributed by atoms with Gasteiger partial charge in [0.25, 0.3) is 0 Å². The number of hydrogen-bond acceptors (Lipinski definition) is 2. The number of nitrogens with zero attached hydrogens (tertiary/aromatic N) is 2. The zero-order valence-electron chi connectivity index (χ0n) is 6.73. The summed E-state index contributed by atoms with van der Waals surface area (Å²) in [6.07, 6.45) is 2.92. The van der Waals surface area contributed by atoms with Crippen LogP contribution in [0.5, 0.6) is 0 Å². The van der Waals surface area contributed by atoms with Gasteiger partial charge in [0, 0.05) is 0 Å². The zero-order chi connectivity index (χ0) is 8.27. The predicted octanol–water partition coefficient (Wildman–Crippen LogP) is 0.570. The van der Waals surface area contributed by atoms with E-state index >= 15 is 0 Å². The van der Waals surface area contributed by atoms with E-state index in [9.17, 15) is 0 Å². The molecule has 1 rings (SSSR count). The van der Waals surface area contributed by atoms with Crippen LogP contribution in [0.1, 0.15) is 19.3 Å². The Morgan fingerprint density at radius 1 is 1.42 bits per heavy atom. The maximum absolute atomic E-state index is 8.65. The van der Waals surface area contributed by atoms with E-state index in [1.807, 2.05) is 0 Å². The molecule has 68 valence electrons. The Balaban J connectivity index is 0.00000121. The maximum Gasteiger partial charge on any atom is 0.186 e. The number of halogens is 1. The Bertz CT molecular complexity index is 204. The first kappa shape index (κ1) is 11.5. The van der Waals surface area contributed by atoms with Crippen molar-refractivity contribution in [3.63, 3.8) is 0 Å². The Kier molecular flexibility index (Phi) is 4.97. The van der Waals surface area contributed by atoms with Gasteiger partial charge in [0.05, 0.1) is 18.0 Å². The monoisotopic (exact) mass is 280 g/mol. The minimum atomic E-state index is 0. The van der Waals surface area contributed by atoms with E-state index in [2.05, 4.69) is 11.1 Å². The molecule has 0 aromatic carbocycles. The van der Waals surface area contributed by atoms with Gasteiger partial charge in [-0.1, -0.05) is 0 Å². The third-order valence-corrected chi connectivity index (χ3v) is 1.96. The topological polar surface area (TPSA) is 88.2 Å². The van der Waals surface area contributed by atoms with Crippen LogP contribution in [0.25, 0.3) is 0 Å². The van der Waals surface area contributed by atoms with Crippen LogP contribution in [-0.2, 0) is 0 Å². The summed E-state index contributed by atoms with van der Waals surface area (Å²) in [6.45, 7) is 0. The van der Waals surface area contributed by atoms with Crippen molar-refractivity contribution in [3.05, 3.63) is 0 Å². The second-order valence-corrected chi connectivity index (χ2v) is 2.79. The molecule has 12 heavy (non-hydrogen) atoms. The van der Waals surface area contributed by atoms with E-state index in [1.165, 1.54) is 0 Å². The van der Waals surface area contributed by atoms with Crippen LogP contribution >= 0.6 is 24.0 Å². The van der Waals surface area contributed by atoms with Gasteiger partial charge in [-0.2, -0.15) is 5.26 Å². The van der Waals surface area contributed by atoms with Gasteiger partial charge in [-0.05, 0) is 19.3 Å². The average Bonchev–Trinajstić information content (AvgIpc) is 2.34. The van der Waals surface area contributed by atoms with Gasteiger partial charge < -0.3 is 11.5 Å². The minimum Gasteiger partial charge on any atom is -0.370 e. The molecule has 0 aromatic heterocycles. The lowest BCUT2D eigenvalue weighted by Crippen LogP contribution is -2.26. The molecule has 5 heteroatoms. The van der Waals surface area contributed by atoms with E-state index in [-0.39, 0.29) is 41.9 Å². The third kappa shape index (κ3) is 2.85. The van der Waals surface area contributed by atoms with Gasteiger partial charge in [0.15, 0.2) is 5.96 Å². The van der Waals surface area contributed by atoms with E-state index in [1.54, 1.807) is 0 Å². The molecular formula is C7H13IN4. The summed E-state index contributed by atoms with van der Waals surface area (Å²) in [5.74, 6) is 0.120. The molecule has 1 fully saturated rings. The average molecular weight is 280 g/mol. The van der Waals surface area contributed by atoms with Gasteiger partial charge in [0.2, 0.25) is 0 Å². The van der Waals surface area contributed by atoms with Crippen LogP contribution in [0.2, 0.25) is 0 Å². The van der Waals surface area contributed by atoms with E-state index in [0.717, 1.165) is 19.3 Å². The largest absolute Gasteiger partial charge is 0.370 e. The lowest BCUT2D eigenvalue weighted by molar-refractivity contribution is 0.595. The Labute approximate surface area is 89.0 Å². The molecule has 0 heterocycles. The van der Waals surface area contributed by atoms with Crippen molar-refractivity contribution in [2.45, 2.75) is 25.3 Å². The molecular weight excluding hydrogens is 267 g/mol. The van der Waals surface area contributed by atoms with E-state index in [0.29, 0.717) is 0 Å². The maximum atomic E-state index is 8.65. The van der Waals surface area contributed by atoms with E-state index in [4.69, 9.17) is 16.7 Å². The van der Waals surface area contributed by atoms with Crippen LogP contribution in [-0.4, -0.2) is 12.0 Å². The van der Waals surface area contributed by atoms with Crippen molar-refractivity contribution < 1.29 is 0 Å². The molecule has 1 saturated carbocycles. The highest BCUT2D eigenvalue weighted by Crippen LogP contribution is 2.27. The first-order valence-corrected chi connectivity index (χ1v) is 3.72. The second kappa shape index (κ2) is 5.19. The quantitative estimate of drug-likeness (QED) is 0.418. The normalized spacial score (nSPS) is 26.9. The predicted molar refractivity (Wildman–Crippen MR) is 58.0 cm³/mol. The first-order valence-electron chi connectivity index (χ1n) is 3.72. The summed E-state index contributed by atoms with van der Waals surface area (Å²) in [4.78, 5) is 3.98. The highest BCUT2D eigenvalue weighted by atomic mass is 127. The van der Waals surface area contributed by atoms with Crippen molar-refractivity contribution in [2.24, 2.45) is 22.4 Å². The molecule has 0 radical (unpaired) electrons. The highest BCUT2D eigenvalue weighted by molar-refractivity contribution is 14.0. The zero-order valence-corrected chi connectivity index (χ0v) is 9.06. The smallest absolute Gasteiger partial charge is 0.186 e. The van der Waals surface area contributed by atoms with Gasteiger partial charge in [-0.25, -0.2) is 4.99 Å². The third-order valence-electron chi connectivity index (χ3n) is 1.96. The number of guanidine groups is 1. The Hall–Kier alpha value is -0.510. The van der Waals surface area contributed by atoms with Crippen LogP contribution in [0.3, 0.4) is 0 Å². The number of rotatable bonds is 1. The molecule has 0 amide bonds. The van der Waals surface area contributed by atoms with Crippen molar-refractivity contribution in [1.82, 2.24) is 0 Å². The van der Waals surface area contributed by atoms with Gasteiger partial charge in [0.1, 0.15) is 0 Å².